The van der Waals surface area contributed by atoms with E-state index in [1.54, 1.807) is 20.2 Å². The Kier molecular flexibility index (Phi) is 10.7. The average Bonchev–Trinajstić information content (AvgIpc) is 2.69. The zero-order valence-corrected chi connectivity index (χ0v) is 19.4. The van der Waals surface area contributed by atoms with Crippen molar-refractivity contribution in [3.05, 3.63) is 53.2 Å². The van der Waals surface area contributed by atoms with Gasteiger partial charge < -0.3 is 20.1 Å². The molecule has 0 fully saturated rings. The maximum atomic E-state index is 12.3. The molecule has 1 aromatic carbocycles. The van der Waals surface area contributed by atoms with E-state index in [1.165, 1.54) is 12.3 Å². The van der Waals surface area contributed by atoms with Crippen LogP contribution >= 0.6 is 24.0 Å². The normalized spacial score (nSPS) is 11.5. The van der Waals surface area contributed by atoms with Gasteiger partial charge in [0.25, 0.3) is 0 Å². The number of nitrogens with zero attached hydrogens (tertiary/aromatic N) is 2. The van der Waals surface area contributed by atoms with Gasteiger partial charge in [-0.2, -0.15) is 13.2 Å². The first-order valence-corrected chi connectivity index (χ1v) is 9.03. The molecule has 0 aliphatic rings. The van der Waals surface area contributed by atoms with E-state index in [9.17, 15) is 13.2 Å². The number of halogens is 4. The van der Waals surface area contributed by atoms with E-state index in [0.29, 0.717) is 19.0 Å². The van der Waals surface area contributed by atoms with Crippen molar-refractivity contribution in [2.24, 2.45) is 4.99 Å². The highest BCUT2D eigenvalue weighted by atomic mass is 127. The Morgan fingerprint density at radius 2 is 1.93 bits per heavy atom. The minimum atomic E-state index is -4.40. The topological polar surface area (TPSA) is 67.8 Å². The average molecular weight is 538 g/mol. The fourth-order valence-corrected chi connectivity index (χ4v) is 2.62. The van der Waals surface area contributed by atoms with Crippen LogP contribution in [0.5, 0.6) is 11.6 Å². The summed E-state index contributed by atoms with van der Waals surface area (Å²) >= 11 is 0. The highest BCUT2D eigenvalue weighted by Gasteiger charge is 2.28. The molecule has 1 heterocycles. The second-order valence-electron chi connectivity index (χ2n) is 6.32. The summed E-state index contributed by atoms with van der Waals surface area (Å²) in [7, 11) is 3.29. The molecule has 0 saturated heterocycles. The lowest BCUT2D eigenvalue weighted by Crippen LogP contribution is -2.37. The molecule has 0 aliphatic heterocycles. The van der Waals surface area contributed by atoms with Gasteiger partial charge in [0.1, 0.15) is 5.75 Å². The Morgan fingerprint density at radius 1 is 1.17 bits per heavy atom. The standard InChI is InChI=1S/C20H25F3N4O2.HI/c1-14-4-5-17(28-3)16(10-14)7-9-26-19(24-2)27-12-15-6-8-25-18(11-15)29-13-20(21,22)23;/h4-6,8,10-11H,7,9,12-13H2,1-3H3,(H2,24,26,27);1H. The van der Waals surface area contributed by atoms with Crippen LogP contribution in [0.4, 0.5) is 13.2 Å². The summed E-state index contributed by atoms with van der Waals surface area (Å²) in [6.07, 6.45) is -2.25. The predicted octanol–water partition coefficient (Wildman–Crippen LogP) is 3.87. The molecule has 0 unspecified atom stereocenters. The summed E-state index contributed by atoms with van der Waals surface area (Å²) in [6, 6.07) is 9.18. The molecule has 2 aromatic rings. The molecule has 2 N–H and O–H groups in total. The van der Waals surface area contributed by atoms with E-state index in [1.807, 2.05) is 19.1 Å². The Bertz CT molecular complexity index is 832. The summed E-state index contributed by atoms with van der Waals surface area (Å²) in [5.74, 6) is 1.34. The van der Waals surface area contributed by atoms with Crippen LogP contribution in [0.15, 0.2) is 41.5 Å². The van der Waals surface area contributed by atoms with Crippen molar-refractivity contribution < 1.29 is 22.6 Å². The van der Waals surface area contributed by atoms with Crippen LogP contribution in [0.25, 0.3) is 0 Å². The number of ether oxygens (including phenoxy) is 2. The van der Waals surface area contributed by atoms with Crippen molar-refractivity contribution in [1.82, 2.24) is 15.6 Å². The van der Waals surface area contributed by atoms with Crippen molar-refractivity contribution >= 4 is 29.9 Å². The van der Waals surface area contributed by atoms with Crippen LogP contribution in [0.1, 0.15) is 16.7 Å². The molecular weight excluding hydrogens is 512 g/mol. The molecule has 166 valence electrons. The molecule has 0 radical (unpaired) electrons. The van der Waals surface area contributed by atoms with Crippen LogP contribution in [0.3, 0.4) is 0 Å². The summed E-state index contributed by atoms with van der Waals surface area (Å²) in [4.78, 5) is 7.94. The number of hydrogen-bond acceptors (Lipinski definition) is 4. The van der Waals surface area contributed by atoms with Gasteiger partial charge in [0.15, 0.2) is 12.6 Å². The number of rotatable bonds is 8. The van der Waals surface area contributed by atoms with E-state index in [-0.39, 0.29) is 29.9 Å². The van der Waals surface area contributed by atoms with Gasteiger partial charge in [0.05, 0.1) is 7.11 Å². The van der Waals surface area contributed by atoms with Crippen LogP contribution in [0.2, 0.25) is 0 Å². The van der Waals surface area contributed by atoms with Gasteiger partial charge >= 0.3 is 6.18 Å². The lowest BCUT2D eigenvalue weighted by molar-refractivity contribution is -0.154. The number of methoxy groups -OCH3 is 1. The fourth-order valence-electron chi connectivity index (χ4n) is 2.62. The molecule has 10 heteroatoms. The molecule has 0 saturated carbocycles. The molecule has 0 atom stereocenters. The molecule has 0 spiro atoms. The van der Waals surface area contributed by atoms with Crippen molar-refractivity contribution in [1.29, 1.82) is 0 Å². The van der Waals surface area contributed by atoms with Gasteiger partial charge in [0, 0.05) is 32.4 Å². The Labute approximate surface area is 191 Å². The molecule has 1 aromatic heterocycles. The summed E-state index contributed by atoms with van der Waals surface area (Å²) in [6.45, 7) is 1.65. The van der Waals surface area contributed by atoms with Crippen molar-refractivity contribution in [2.75, 3.05) is 27.3 Å². The molecule has 30 heavy (non-hydrogen) atoms. The molecule has 0 amide bonds. The maximum absolute atomic E-state index is 12.3. The predicted molar refractivity (Wildman–Crippen MR) is 121 cm³/mol. The third-order valence-electron chi connectivity index (χ3n) is 3.99. The zero-order valence-electron chi connectivity index (χ0n) is 17.0. The molecular formula is C20H26F3IN4O2. The molecule has 0 aliphatic carbocycles. The first-order valence-electron chi connectivity index (χ1n) is 9.03. The monoisotopic (exact) mass is 538 g/mol. The fraction of sp³-hybridized carbons (Fsp3) is 0.400. The third-order valence-corrected chi connectivity index (χ3v) is 3.99. The second-order valence-corrected chi connectivity index (χ2v) is 6.32. The van der Waals surface area contributed by atoms with E-state index in [4.69, 9.17) is 4.74 Å². The molecule has 2 rings (SSSR count). The van der Waals surface area contributed by atoms with Crippen LogP contribution in [-0.2, 0) is 13.0 Å². The minimum Gasteiger partial charge on any atom is -0.496 e. The summed E-state index contributed by atoms with van der Waals surface area (Å²) in [5, 5.41) is 6.32. The maximum Gasteiger partial charge on any atom is 0.422 e. The summed E-state index contributed by atoms with van der Waals surface area (Å²) in [5.41, 5.74) is 2.97. The number of pyridine rings is 1. The third kappa shape index (κ3) is 9.06. The number of nitrogens with one attached hydrogen (secondary N) is 2. The van der Waals surface area contributed by atoms with Crippen LogP contribution in [-0.4, -0.2) is 44.4 Å². The number of guanidine groups is 1. The minimum absolute atomic E-state index is 0. The van der Waals surface area contributed by atoms with Gasteiger partial charge in [-0.15, -0.1) is 24.0 Å². The van der Waals surface area contributed by atoms with E-state index in [0.717, 1.165) is 28.9 Å². The van der Waals surface area contributed by atoms with E-state index in [2.05, 4.69) is 31.4 Å². The lowest BCUT2D eigenvalue weighted by Gasteiger charge is -2.14. The van der Waals surface area contributed by atoms with Crippen molar-refractivity contribution in [3.63, 3.8) is 0 Å². The number of benzene rings is 1. The van der Waals surface area contributed by atoms with E-state index >= 15 is 0 Å². The second kappa shape index (κ2) is 12.5. The van der Waals surface area contributed by atoms with Gasteiger partial charge in [-0.05, 0) is 36.6 Å². The number of aryl methyl sites for hydroxylation is 1. The SMILES string of the molecule is CN=C(NCCc1cc(C)ccc1OC)NCc1ccnc(OCC(F)(F)F)c1.I. The smallest absolute Gasteiger partial charge is 0.422 e. The Morgan fingerprint density at radius 3 is 2.60 bits per heavy atom. The highest BCUT2D eigenvalue weighted by Crippen LogP contribution is 2.20. The van der Waals surface area contributed by atoms with Crippen LogP contribution < -0.4 is 20.1 Å². The van der Waals surface area contributed by atoms with E-state index < -0.39 is 12.8 Å². The summed E-state index contributed by atoms with van der Waals surface area (Å²) < 4.78 is 46.8. The zero-order chi connectivity index (χ0) is 21.3. The van der Waals surface area contributed by atoms with Gasteiger partial charge in [-0.1, -0.05) is 17.7 Å². The lowest BCUT2D eigenvalue weighted by atomic mass is 10.1. The number of hydrogen-bond donors (Lipinski definition) is 2. The van der Waals surface area contributed by atoms with Crippen molar-refractivity contribution in [2.45, 2.75) is 26.1 Å². The first kappa shape index (κ1) is 25.8. The van der Waals surface area contributed by atoms with Crippen LogP contribution in [0, 0.1) is 6.92 Å². The Balaban J connectivity index is 0.00000450. The van der Waals surface area contributed by atoms with Crippen molar-refractivity contribution in [3.8, 4) is 11.6 Å². The van der Waals surface area contributed by atoms with Gasteiger partial charge in [0.2, 0.25) is 5.88 Å². The highest BCUT2D eigenvalue weighted by molar-refractivity contribution is 14.0. The quantitative estimate of drug-likeness (QED) is 0.304. The van der Waals surface area contributed by atoms with Gasteiger partial charge in [-0.25, -0.2) is 4.98 Å². The van der Waals surface area contributed by atoms with Gasteiger partial charge in [-0.3, -0.25) is 4.99 Å². The molecule has 6 nitrogen and oxygen atoms in total. The number of aromatic nitrogens is 1. The number of alkyl halides is 3. The number of aliphatic imine (C=N–C) groups is 1. The Hall–Kier alpha value is -2.24. The molecule has 0 bridgehead atoms. The largest absolute Gasteiger partial charge is 0.496 e. The first-order chi connectivity index (χ1) is 13.8.